The summed E-state index contributed by atoms with van der Waals surface area (Å²) in [6.07, 6.45) is -4.46. The maximum absolute atomic E-state index is 12.6. The first kappa shape index (κ1) is 20.4. The van der Waals surface area contributed by atoms with Gasteiger partial charge in [0.2, 0.25) is 0 Å². The molecule has 6 nitrogen and oxygen atoms in total. The molecule has 0 saturated carbocycles. The number of hydrogen-bond donors (Lipinski definition) is 2. The molecule has 0 spiro atoms. The van der Waals surface area contributed by atoms with E-state index < -0.39 is 23.7 Å². The lowest BCUT2D eigenvalue weighted by Crippen LogP contribution is -2.33. The number of urea groups is 1. The van der Waals surface area contributed by atoms with Crippen LogP contribution in [-0.4, -0.2) is 29.3 Å². The summed E-state index contributed by atoms with van der Waals surface area (Å²) in [6, 6.07) is 7.65. The molecule has 0 atom stereocenters. The SMILES string of the molecule is CC(C)CN1C(=O)c2ccc(NC(=O)Nc3ccc(C(F)(F)F)cc3)cc2C1=O. The van der Waals surface area contributed by atoms with Crippen LogP contribution in [0.4, 0.5) is 29.3 Å². The third kappa shape index (κ3) is 4.39. The van der Waals surface area contributed by atoms with Gasteiger partial charge < -0.3 is 10.6 Å². The molecule has 0 aliphatic carbocycles. The van der Waals surface area contributed by atoms with Gasteiger partial charge in [-0.2, -0.15) is 13.2 Å². The maximum atomic E-state index is 12.6. The number of benzene rings is 2. The van der Waals surface area contributed by atoms with Crippen molar-refractivity contribution in [3.8, 4) is 0 Å². The molecule has 0 aromatic heterocycles. The van der Waals surface area contributed by atoms with Crippen LogP contribution in [-0.2, 0) is 6.18 Å². The van der Waals surface area contributed by atoms with Crippen molar-refractivity contribution in [3.05, 3.63) is 59.2 Å². The number of halogens is 3. The first-order chi connectivity index (χ1) is 13.6. The highest BCUT2D eigenvalue weighted by atomic mass is 19.4. The highest BCUT2D eigenvalue weighted by molar-refractivity contribution is 6.22. The Morgan fingerprint density at radius 2 is 1.48 bits per heavy atom. The Morgan fingerprint density at radius 3 is 2.07 bits per heavy atom. The molecule has 1 aliphatic heterocycles. The van der Waals surface area contributed by atoms with Gasteiger partial charge in [-0.15, -0.1) is 0 Å². The molecule has 2 aromatic rings. The number of hydrogen-bond acceptors (Lipinski definition) is 3. The monoisotopic (exact) mass is 405 g/mol. The molecule has 4 amide bonds. The number of fused-ring (bicyclic) bond motifs is 1. The highest BCUT2D eigenvalue weighted by Gasteiger charge is 2.36. The Hall–Kier alpha value is -3.36. The number of amides is 4. The highest BCUT2D eigenvalue weighted by Crippen LogP contribution is 2.30. The van der Waals surface area contributed by atoms with Gasteiger partial charge in [-0.3, -0.25) is 14.5 Å². The molecule has 2 aromatic carbocycles. The van der Waals surface area contributed by atoms with Crippen LogP contribution in [0.15, 0.2) is 42.5 Å². The molecule has 0 saturated heterocycles. The lowest BCUT2D eigenvalue weighted by Gasteiger charge is -2.15. The number of carbonyl (C=O) groups is 3. The Morgan fingerprint density at radius 1 is 0.931 bits per heavy atom. The molecule has 152 valence electrons. The van der Waals surface area contributed by atoms with Crippen LogP contribution >= 0.6 is 0 Å². The number of alkyl halides is 3. The van der Waals surface area contributed by atoms with Crippen molar-refractivity contribution in [2.45, 2.75) is 20.0 Å². The minimum absolute atomic E-state index is 0.115. The van der Waals surface area contributed by atoms with Crippen LogP contribution in [0.3, 0.4) is 0 Å². The molecule has 2 N–H and O–H groups in total. The van der Waals surface area contributed by atoms with Crippen LogP contribution < -0.4 is 10.6 Å². The Kier molecular flexibility index (Phi) is 5.32. The molecule has 1 heterocycles. The lowest BCUT2D eigenvalue weighted by atomic mass is 10.1. The van der Waals surface area contributed by atoms with Crippen molar-refractivity contribution >= 4 is 29.2 Å². The van der Waals surface area contributed by atoms with E-state index in [0.717, 1.165) is 24.3 Å². The summed E-state index contributed by atoms with van der Waals surface area (Å²) < 4.78 is 37.7. The van der Waals surface area contributed by atoms with Gasteiger partial charge in [0.05, 0.1) is 16.7 Å². The molecule has 9 heteroatoms. The van der Waals surface area contributed by atoms with E-state index >= 15 is 0 Å². The number of anilines is 2. The summed E-state index contributed by atoms with van der Waals surface area (Å²) in [5.74, 6) is -0.686. The van der Waals surface area contributed by atoms with Crippen molar-refractivity contribution < 1.29 is 27.6 Å². The van der Waals surface area contributed by atoms with E-state index in [9.17, 15) is 27.6 Å². The fourth-order valence-corrected chi connectivity index (χ4v) is 2.94. The molecule has 0 radical (unpaired) electrons. The van der Waals surface area contributed by atoms with Crippen molar-refractivity contribution in [2.75, 3.05) is 17.2 Å². The average Bonchev–Trinajstić information content (AvgIpc) is 2.85. The second-order valence-electron chi connectivity index (χ2n) is 7.03. The molecular weight excluding hydrogens is 387 g/mol. The molecule has 3 rings (SSSR count). The smallest absolute Gasteiger partial charge is 0.308 e. The molecule has 0 bridgehead atoms. The largest absolute Gasteiger partial charge is 0.416 e. The number of carbonyl (C=O) groups excluding carboxylic acids is 3. The fourth-order valence-electron chi connectivity index (χ4n) is 2.94. The van der Waals surface area contributed by atoms with Crippen molar-refractivity contribution in [3.63, 3.8) is 0 Å². The normalized spacial score (nSPS) is 13.7. The van der Waals surface area contributed by atoms with E-state index in [4.69, 9.17) is 0 Å². The first-order valence-electron chi connectivity index (χ1n) is 8.82. The molecule has 0 fully saturated rings. The van der Waals surface area contributed by atoms with E-state index in [1.54, 1.807) is 0 Å². The predicted molar refractivity (Wildman–Crippen MR) is 101 cm³/mol. The van der Waals surface area contributed by atoms with E-state index in [2.05, 4.69) is 10.6 Å². The maximum Gasteiger partial charge on any atom is 0.416 e. The minimum atomic E-state index is -4.46. The molecule has 0 unspecified atom stereocenters. The van der Waals surface area contributed by atoms with Gasteiger partial charge in [-0.05, 0) is 48.4 Å². The standard InChI is InChI=1S/C20H18F3N3O3/c1-11(2)10-26-17(27)15-8-7-14(9-16(15)18(26)28)25-19(29)24-13-5-3-12(4-6-13)20(21,22)23/h3-9,11H,10H2,1-2H3,(H2,24,25,29). The van der Waals surface area contributed by atoms with E-state index in [0.29, 0.717) is 6.54 Å². The summed E-state index contributed by atoms with van der Waals surface area (Å²) >= 11 is 0. The average molecular weight is 405 g/mol. The summed E-state index contributed by atoms with van der Waals surface area (Å²) in [6.45, 7) is 4.08. The van der Waals surface area contributed by atoms with Gasteiger partial charge in [-0.1, -0.05) is 13.8 Å². The quantitative estimate of drug-likeness (QED) is 0.730. The summed E-state index contributed by atoms with van der Waals surface area (Å²) in [5, 5.41) is 4.91. The van der Waals surface area contributed by atoms with Crippen LogP contribution in [0.25, 0.3) is 0 Å². The van der Waals surface area contributed by atoms with Gasteiger partial charge in [0.25, 0.3) is 11.8 Å². The third-order valence-corrected chi connectivity index (χ3v) is 4.25. The van der Waals surface area contributed by atoms with Crippen LogP contribution in [0.2, 0.25) is 0 Å². The van der Waals surface area contributed by atoms with Crippen molar-refractivity contribution in [2.24, 2.45) is 5.92 Å². The second-order valence-corrected chi connectivity index (χ2v) is 7.03. The molecule has 29 heavy (non-hydrogen) atoms. The minimum Gasteiger partial charge on any atom is -0.308 e. The van der Waals surface area contributed by atoms with Gasteiger partial charge in [0, 0.05) is 17.9 Å². The lowest BCUT2D eigenvalue weighted by molar-refractivity contribution is -0.137. The summed E-state index contributed by atoms with van der Waals surface area (Å²) in [4.78, 5) is 38.1. The van der Waals surface area contributed by atoms with Gasteiger partial charge in [-0.25, -0.2) is 4.79 Å². The van der Waals surface area contributed by atoms with Crippen LogP contribution in [0.5, 0.6) is 0 Å². The van der Waals surface area contributed by atoms with Crippen molar-refractivity contribution in [1.29, 1.82) is 0 Å². The number of nitrogens with zero attached hydrogens (tertiary/aromatic N) is 1. The Bertz CT molecular complexity index is 969. The topological polar surface area (TPSA) is 78.5 Å². The number of imide groups is 1. The van der Waals surface area contributed by atoms with E-state index in [-0.39, 0.29) is 34.3 Å². The number of nitrogens with one attached hydrogen (secondary N) is 2. The van der Waals surface area contributed by atoms with Crippen molar-refractivity contribution in [1.82, 2.24) is 4.90 Å². The zero-order valence-corrected chi connectivity index (χ0v) is 15.6. The Balaban J connectivity index is 1.69. The Labute approximate surface area is 164 Å². The zero-order chi connectivity index (χ0) is 21.3. The molecule has 1 aliphatic rings. The van der Waals surface area contributed by atoms with E-state index in [1.807, 2.05) is 13.8 Å². The summed E-state index contributed by atoms with van der Waals surface area (Å²) in [7, 11) is 0. The van der Waals surface area contributed by atoms with Crippen LogP contribution in [0, 0.1) is 5.92 Å². The van der Waals surface area contributed by atoms with Gasteiger partial charge in [0.1, 0.15) is 0 Å². The van der Waals surface area contributed by atoms with E-state index in [1.165, 1.54) is 23.1 Å². The van der Waals surface area contributed by atoms with Crippen LogP contribution in [0.1, 0.15) is 40.1 Å². The third-order valence-electron chi connectivity index (χ3n) is 4.25. The van der Waals surface area contributed by atoms with Gasteiger partial charge >= 0.3 is 12.2 Å². The fraction of sp³-hybridized carbons (Fsp3) is 0.250. The summed E-state index contributed by atoms with van der Waals surface area (Å²) in [5.41, 5.74) is 0.0928. The number of rotatable bonds is 4. The molecular formula is C20H18F3N3O3. The first-order valence-corrected chi connectivity index (χ1v) is 8.82. The second kappa shape index (κ2) is 7.57. The zero-order valence-electron chi connectivity index (χ0n) is 15.6. The van der Waals surface area contributed by atoms with Gasteiger partial charge in [0.15, 0.2) is 0 Å². The predicted octanol–water partition coefficient (Wildman–Crippen LogP) is 4.60.